The van der Waals surface area contributed by atoms with Crippen LogP contribution in [-0.4, -0.2) is 5.11 Å². The highest BCUT2D eigenvalue weighted by atomic mass is 31.2. The lowest BCUT2D eigenvalue weighted by Gasteiger charge is -1.89. The number of aromatic hydroxyl groups is 1. The second kappa shape index (κ2) is 4.99. The third kappa shape index (κ3) is 11.1. The van der Waals surface area contributed by atoms with Gasteiger partial charge in [-0.3, -0.25) is 21.1 Å². The second-order valence-electron chi connectivity index (χ2n) is 2.60. The molecule has 5 nitrogen and oxygen atoms in total. The molecular formula is C7H14N3O2P. The van der Waals surface area contributed by atoms with Crippen LogP contribution in [0.4, 0.5) is 0 Å². The highest BCUT2D eigenvalue weighted by molar-refractivity contribution is 7.56. The number of phenols is 1. The van der Waals surface area contributed by atoms with Gasteiger partial charge >= 0.3 is 0 Å². The summed E-state index contributed by atoms with van der Waals surface area (Å²) in [4.78, 5) is 0. The van der Waals surface area contributed by atoms with Gasteiger partial charge in [-0.2, -0.15) is 0 Å². The van der Waals surface area contributed by atoms with E-state index in [1.54, 1.807) is 12.1 Å². The zero-order valence-electron chi connectivity index (χ0n) is 7.34. The number of hydrogen-bond acceptors (Lipinski definition) is 2. The molecule has 0 atom stereocenters. The van der Waals surface area contributed by atoms with Crippen LogP contribution in [0.25, 0.3) is 0 Å². The Balaban J connectivity index is 0.000000252. The van der Waals surface area contributed by atoms with Crippen molar-refractivity contribution in [3.63, 3.8) is 0 Å². The van der Waals surface area contributed by atoms with E-state index >= 15 is 0 Å². The minimum atomic E-state index is -3.14. The first-order valence-electron chi connectivity index (χ1n) is 3.50. The van der Waals surface area contributed by atoms with Crippen molar-refractivity contribution >= 4 is 7.59 Å². The van der Waals surface area contributed by atoms with Crippen molar-refractivity contribution in [2.24, 2.45) is 16.5 Å². The van der Waals surface area contributed by atoms with Crippen molar-refractivity contribution in [3.8, 4) is 5.75 Å². The first kappa shape index (κ1) is 12.1. The van der Waals surface area contributed by atoms with E-state index in [0.29, 0.717) is 5.75 Å². The minimum Gasteiger partial charge on any atom is -0.508 e. The van der Waals surface area contributed by atoms with Crippen LogP contribution in [0, 0.1) is 6.92 Å². The third-order valence-electron chi connectivity index (χ3n) is 1.00. The Kier molecular flexibility index (Phi) is 4.66. The molecule has 0 aromatic heterocycles. The molecule has 7 N–H and O–H groups in total. The van der Waals surface area contributed by atoms with E-state index in [2.05, 4.69) is 16.5 Å². The van der Waals surface area contributed by atoms with Gasteiger partial charge in [-0.1, -0.05) is 12.1 Å². The zero-order valence-corrected chi connectivity index (χ0v) is 8.24. The van der Waals surface area contributed by atoms with E-state index in [1.165, 1.54) is 0 Å². The van der Waals surface area contributed by atoms with Gasteiger partial charge < -0.3 is 5.11 Å². The average molecular weight is 203 g/mol. The van der Waals surface area contributed by atoms with Gasteiger partial charge in [0.05, 0.1) is 0 Å². The Morgan fingerprint density at radius 3 is 2.00 bits per heavy atom. The molecular weight excluding hydrogens is 189 g/mol. The maximum absolute atomic E-state index is 9.55. The summed E-state index contributed by atoms with van der Waals surface area (Å²) in [6.45, 7) is 1.94. The molecule has 0 amide bonds. The molecule has 0 aliphatic rings. The second-order valence-corrected chi connectivity index (χ2v) is 4.13. The Morgan fingerprint density at radius 2 is 1.77 bits per heavy atom. The number of nitrogens with two attached hydrogens (primary N) is 3. The molecule has 6 heteroatoms. The summed E-state index contributed by atoms with van der Waals surface area (Å²) >= 11 is 0. The van der Waals surface area contributed by atoms with Crippen molar-refractivity contribution in [2.75, 3.05) is 0 Å². The Bertz CT molecular complexity index is 285. The van der Waals surface area contributed by atoms with Crippen LogP contribution in [0.2, 0.25) is 0 Å². The lowest BCUT2D eigenvalue weighted by atomic mass is 10.2. The Morgan fingerprint density at radius 1 is 1.31 bits per heavy atom. The smallest absolute Gasteiger partial charge is 0.271 e. The maximum Gasteiger partial charge on any atom is 0.271 e. The average Bonchev–Trinajstić information content (AvgIpc) is 1.81. The fraction of sp³-hybridized carbons (Fsp3) is 0.143. The van der Waals surface area contributed by atoms with E-state index in [4.69, 9.17) is 5.11 Å². The lowest BCUT2D eigenvalue weighted by Crippen LogP contribution is -2.12. The van der Waals surface area contributed by atoms with Crippen molar-refractivity contribution in [1.29, 1.82) is 0 Å². The first-order valence-corrected chi connectivity index (χ1v) is 5.42. The van der Waals surface area contributed by atoms with Crippen molar-refractivity contribution < 1.29 is 9.67 Å². The fourth-order valence-electron chi connectivity index (χ4n) is 0.628. The summed E-state index contributed by atoms with van der Waals surface area (Å²) in [5, 5.41) is 8.81. The highest BCUT2D eigenvalue weighted by Crippen LogP contribution is 2.08. The molecule has 1 rings (SSSR count). The summed E-state index contributed by atoms with van der Waals surface area (Å²) in [6.07, 6.45) is 0. The van der Waals surface area contributed by atoms with Gasteiger partial charge in [0.2, 0.25) is 0 Å². The molecule has 0 saturated heterocycles. The van der Waals surface area contributed by atoms with E-state index < -0.39 is 7.59 Å². The van der Waals surface area contributed by atoms with Crippen molar-refractivity contribution in [3.05, 3.63) is 29.8 Å². The predicted molar refractivity (Wildman–Crippen MR) is 53.0 cm³/mol. The first-order chi connectivity index (χ1) is 5.79. The molecule has 0 spiro atoms. The van der Waals surface area contributed by atoms with Crippen LogP contribution in [0.5, 0.6) is 5.75 Å². The van der Waals surface area contributed by atoms with Crippen LogP contribution in [-0.2, 0) is 4.57 Å². The summed E-state index contributed by atoms with van der Waals surface area (Å²) in [5.41, 5.74) is 14.5. The molecule has 0 unspecified atom stereocenters. The summed E-state index contributed by atoms with van der Waals surface area (Å²) < 4.78 is 9.55. The molecule has 13 heavy (non-hydrogen) atoms. The molecule has 0 saturated carbocycles. The van der Waals surface area contributed by atoms with Crippen molar-refractivity contribution in [2.45, 2.75) is 6.92 Å². The number of phenolic OH excluding ortho intramolecular Hbond substituents is 1. The zero-order chi connectivity index (χ0) is 10.5. The van der Waals surface area contributed by atoms with Crippen LogP contribution in [0.1, 0.15) is 5.56 Å². The quantitative estimate of drug-likeness (QED) is 0.462. The van der Waals surface area contributed by atoms with Crippen LogP contribution >= 0.6 is 7.59 Å². The van der Waals surface area contributed by atoms with E-state index in [-0.39, 0.29) is 0 Å². The molecule has 0 heterocycles. The Hall–Kier alpha value is -0.870. The standard InChI is InChI=1S/C7H8O.H6N3OP/c1-6-3-2-4-7(8)5-6;1-5(2,3)4/h2-5,8H,1H3;(H6,1,2,3,4). The van der Waals surface area contributed by atoms with Gasteiger partial charge in [-0.15, -0.1) is 0 Å². The molecule has 74 valence electrons. The molecule has 0 aliphatic heterocycles. The van der Waals surface area contributed by atoms with Gasteiger partial charge in [0.25, 0.3) is 7.59 Å². The topological polar surface area (TPSA) is 115 Å². The van der Waals surface area contributed by atoms with Crippen LogP contribution < -0.4 is 16.5 Å². The van der Waals surface area contributed by atoms with Gasteiger partial charge in [-0.05, 0) is 24.6 Å². The number of hydrogen-bond donors (Lipinski definition) is 4. The van der Waals surface area contributed by atoms with E-state index in [9.17, 15) is 4.57 Å². The fourth-order valence-corrected chi connectivity index (χ4v) is 0.628. The highest BCUT2D eigenvalue weighted by Gasteiger charge is 1.90. The van der Waals surface area contributed by atoms with Gasteiger partial charge in [0, 0.05) is 0 Å². The molecule has 0 fully saturated rings. The molecule has 0 aliphatic carbocycles. The Labute approximate surface area is 77.1 Å². The summed E-state index contributed by atoms with van der Waals surface area (Å²) in [7, 11) is -3.14. The minimum absolute atomic E-state index is 0.338. The van der Waals surface area contributed by atoms with Gasteiger partial charge in [-0.25, -0.2) is 0 Å². The van der Waals surface area contributed by atoms with Gasteiger partial charge in [0.1, 0.15) is 5.75 Å². The third-order valence-corrected chi connectivity index (χ3v) is 1.00. The molecule has 0 radical (unpaired) electrons. The van der Waals surface area contributed by atoms with Gasteiger partial charge in [0.15, 0.2) is 0 Å². The number of rotatable bonds is 0. The van der Waals surface area contributed by atoms with Crippen LogP contribution in [0.15, 0.2) is 24.3 Å². The maximum atomic E-state index is 9.55. The van der Waals surface area contributed by atoms with E-state index in [1.807, 2.05) is 19.1 Å². The van der Waals surface area contributed by atoms with Crippen molar-refractivity contribution in [1.82, 2.24) is 0 Å². The largest absolute Gasteiger partial charge is 0.508 e. The summed E-state index contributed by atoms with van der Waals surface area (Å²) in [5.74, 6) is 0.338. The monoisotopic (exact) mass is 203 g/mol. The molecule has 0 bridgehead atoms. The van der Waals surface area contributed by atoms with Crippen LogP contribution in [0.3, 0.4) is 0 Å². The summed E-state index contributed by atoms with van der Waals surface area (Å²) in [6, 6.07) is 7.15. The molecule has 1 aromatic carbocycles. The van der Waals surface area contributed by atoms with E-state index in [0.717, 1.165) is 5.56 Å². The number of benzene rings is 1. The SMILES string of the molecule is Cc1cccc(O)c1.NP(N)(N)=O. The molecule has 1 aromatic rings. The lowest BCUT2D eigenvalue weighted by molar-refractivity contribution is 0.475. The number of aryl methyl sites for hydroxylation is 1. The normalized spacial score (nSPS) is 10.2. The predicted octanol–water partition coefficient (Wildman–Crippen LogP) is 0.671.